The summed E-state index contributed by atoms with van der Waals surface area (Å²) in [5.41, 5.74) is 0.353. The van der Waals surface area contributed by atoms with Crippen molar-refractivity contribution in [2.24, 2.45) is 5.92 Å². The maximum atomic E-state index is 10.4. The van der Waals surface area contributed by atoms with E-state index in [-0.39, 0.29) is 0 Å². The summed E-state index contributed by atoms with van der Waals surface area (Å²) in [6, 6.07) is 1.86. The number of rotatable bonds is 3. The van der Waals surface area contributed by atoms with Crippen molar-refractivity contribution in [1.82, 2.24) is 9.97 Å². The molecular formula is C13H21N3O. The molecule has 0 spiro atoms. The minimum absolute atomic E-state index is 0.545. The Hall–Kier alpha value is -1.16. The van der Waals surface area contributed by atoms with Crippen molar-refractivity contribution in [2.45, 2.75) is 45.1 Å². The fourth-order valence-electron chi connectivity index (χ4n) is 2.25. The molecule has 0 atom stereocenters. The van der Waals surface area contributed by atoms with Crippen molar-refractivity contribution in [3.05, 3.63) is 18.0 Å². The number of hydrogen-bond acceptors (Lipinski definition) is 4. The molecule has 17 heavy (non-hydrogen) atoms. The average Bonchev–Trinajstić information content (AvgIpc) is 2.31. The Morgan fingerprint density at radius 1 is 1.47 bits per heavy atom. The number of aromatic nitrogens is 2. The summed E-state index contributed by atoms with van der Waals surface area (Å²) in [6.07, 6.45) is 5.68. The smallest absolute Gasteiger partial charge is 0.222 e. The molecule has 1 saturated carbocycles. The monoisotopic (exact) mass is 235 g/mol. The number of nitrogens with one attached hydrogen (secondary N) is 1. The van der Waals surface area contributed by atoms with Crippen LogP contribution in [0.3, 0.4) is 0 Å². The average molecular weight is 235 g/mol. The number of nitrogens with zero attached hydrogens (tertiary/aromatic N) is 2. The van der Waals surface area contributed by atoms with Crippen molar-refractivity contribution in [2.75, 3.05) is 11.9 Å². The first-order valence-electron chi connectivity index (χ1n) is 6.33. The van der Waals surface area contributed by atoms with Gasteiger partial charge < -0.3 is 10.4 Å². The molecule has 94 valence electrons. The van der Waals surface area contributed by atoms with E-state index in [1.165, 1.54) is 0 Å². The molecule has 0 radical (unpaired) electrons. The standard InChI is InChI=1S/C13H21N3O/c1-10-3-6-13(17,7-4-10)9-15-12-14-8-5-11(2)16-12/h5,8,10,17H,3-4,6-7,9H2,1-2H3,(H,14,15,16). The third kappa shape index (κ3) is 3.40. The van der Waals surface area contributed by atoms with Crippen molar-refractivity contribution in [3.8, 4) is 0 Å². The maximum Gasteiger partial charge on any atom is 0.222 e. The maximum absolute atomic E-state index is 10.4. The molecule has 1 aromatic rings. The number of anilines is 1. The molecule has 1 aromatic heterocycles. The van der Waals surface area contributed by atoms with E-state index in [2.05, 4.69) is 22.2 Å². The number of hydrogen-bond donors (Lipinski definition) is 2. The number of aliphatic hydroxyl groups is 1. The lowest BCUT2D eigenvalue weighted by molar-refractivity contribution is 0.00487. The summed E-state index contributed by atoms with van der Waals surface area (Å²) < 4.78 is 0. The molecule has 2 rings (SSSR count). The lowest BCUT2D eigenvalue weighted by Gasteiger charge is -2.34. The van der Waals surface area contributed by atoms with Gasteiger partial charge in [-0.25, -0.2) is 9.97 Å². The van der Waals surface area contributed by atoms with E-state index < -0.39 is 5.60 Å². The fraction of sp³-hybridized carbons (Fsp3) is 0.692. The SMILES string of the molecule is Cc1ccnc(NCC2(O)CCC(C)CC2)n1. The van der Waals surface area contributed by atoms with Gasteiger partial charge in [-0.1, -0.05) is 6.92 Å². The molecule has 0 bridgehead atoms. The minimum atomic E-state index is -0.584. The largest absolute Gasteiger partial charge is 0.388 e. The highest BCUT2D eigenvalue weighted by Gasteiger charge is 2.31. The van der Waals surface area contributed by atoms with Crippen LogP contribution in [0.1, 0.15) is 38.3 Å². The molecule has 4 nitrogen and oxygen atoms in total. The van der Waals surface area contributed by atoms with Crippen molar-refractivity contribution < 1.29 is 5.11 Å². The minimum Gasteiger partial charge on any atom is -0.388 e. The van der Waals surface area contributed by atoms with Crippen LogP contribution in [0.4, 0.5) is 5.95 Å². The third-order valence-corrected chi connectivity index (χ3v) is 3.58. The molecular weight excluding hydrogens is 214 g/mol. The van der Waals surface area contributed by atoms with Crippen molar-refractivity contribution in [1.29, 1.82) is 0 Å². The second-order valence-corrected chi connectivity index (χ2v) is 5.28. The Balaban J connectivity index is 1.89. The topological polar surface area (TPSA) is 58.0 Å². The zero-order chi connectivity index (χ0) is 12.3. The van der Waals surface area contributed by atoms with Crippen LogP contribution in [0.5, 0.6) is 0 Å². The lowest BCUT2D eigenvalue weighted by atomic mass is 9.79. The Morgan fingerprint density at radius 3 is 2.82 bits per heavy atom. The lowest BCUT2D eigenvalue weighted by Crippen LogP contribution is -2.40. The first kappa shape index (κ1) is 12.3. The van der Waals surface area contributed by atoms with E-state index in [4.69, 9.17) is 0 Å². The van der Waals surface area contributed by atoms with Gasteiger partial charge in [0.05, 0.1) is 5.60 Å². The Labute approximate surface area is 102 Å². The van der Waals surface area contributed by atoms with Crippen LogP contribution < -0.4 is 5.32 Å². The third-order valence-electron chi connectivity index (χ3n) is 3.58. The van der Waals surface area contributed by atoms with Crippen LogP contribution >= 0.6 is 0 Å². The first-order chi connectivity index (χ1) is 8.07. The highest BCUT2D eigenvalue weighted by atomic mass is 16.3. The molecule has 0 amide bonds. The highest BCUT2D eigenvalue weighted by molar-refractivity contribution is 5.25. The van der Waals surface area contributed by atoms with Crippen LogP contribution in [0, 0.1) is 12.8 Å². The normalized spacial score (nSPS) is 29.0. The van der Waals surface area contributed by atoms with Gasteiger partial charge in [-0.15, -0.1) is 0 Å². The molecule has 4 heteroatoms. The Kier molecular flexibility index (Phi) is 3.62. The zero-order valence-electron chi connectivity index (χ0n) is 10.6. The molecule has 1 heterocycles. The van der Waals surface area contributed by atoms with Gasteiger partial charge in [-0.05, 0) is 44.6 Å². The second kappa shape index (κ2) is 5.00. The van der Waals surface area contributed by atoms with E-state index in [1.807, 2.05) is 13.0 Å². The summed E-state index contributed by atoms with van der Waals surface area (Å²) in [4.78, 5) is 8.41. The first-order valence-corrected chi connectivity index (χ1v) is 6.33. The molecule has 2 N–H and O–H groups in total. The van der Waals surface area contributed by atoms with Gasteiger partial charge in [-0.3, -0.25) is 0 Å². The summed E-state index contributed by atoms with van der Waals surface area (Å²) >= 11 is 0. The van der Waals surface area contributed by atoms with Crippen LogP contribution in [0.15, 0.2) is 12.3 Å². The summed E-state index contributed by atoms with van der Waals surface area (Å²) in [6.45, 7) is 4.73. The fourth-order valence-corrected chi connectivity index (χ4v) is 2.25. The van der Waals surface area contributed by atoms with Gasteiger partial charge in [-0.2, -0.15) is 0 Å². The van der Waals surface area contributed by atoms with Gasteiger partial charge in [0.2, 0.25) is 5.95 Å². The Bertz CT molecular complexity index is 373. The van der Waals surface area contributed by atoms with Crippen molar-refractivity contribution in [3.63, 3.8) is 0 Å². The van der Waals surface area contributed by atoms with Crippen molar-refractivity contribution >= 4 is 5.95 Å². The van der Waals surface area contributed by atoms with Crippen LogP contribution in [-0.2, 0) is 0 Å². The van der Waals surface area contributed by atoms with Gasteiger partial charge in [0.15, 0.2) is 0 Å². The number of aryl methyl sites for hydroxylation is 1. The van der Waals surface area contributed by atoms with Gasteiger partial charge in [0.1, 0.15) is 0 Å². The molecule has 0 unspecified atom stereocenters. The quantitative estimate of drug-likeness (QED) is 0.842. The zero-order valence-corrected chi connectivity index (χ0v) is 10.6. The van der Waals surface area contributed by atoms with E-state index >= 15 is 0 Å². The highest BCUT2D eigenvalue weighted by Crippen LogP contribution is 2.31. The molecule has 0 aromatic carbocycles. The van der Waals surface area contributed by atoms with Crippen LogP contribution in [0.2, 0.25) is 0 Å². The molecule has 0 aliphatic heterocycles. The van der Waals surface area contributed by atoms with Gasteiger partial charge >= 0.3 is 0 Å². The predicted molar refractivity (Wildman–Crippen MR) is 67.8 cm³/mol. The summed E-state index contributed by atoms with van der Waals surface area (Å²) in [5, 5.41) is 13.5. The van der Waals surface area contributed by atoms with Gasteiger partial charge in [0.25, 0.3) is 0 Å². The van der Waals surface area contributed by atoms with Gasteiger partial charge in [0, 0.05) is 18.4 Å². The Morgan fingerprint density at radius 2 is 2.18 bits per heavy atom. The molecule has 0 saturated heterocycles. The van der Waals surface area contributed by atoms with Crippen LogP contribution in [0.25, 0.3) is 0 Å². The molecule has 1 fully saturated rings. The summed E-state index contributed by atoms with van der Waals surface area (Å²) in [5.74, 6) is 1.35. The van der Waals surface area contributed by atoms with E-state index in [0.717, 1.165) is 37.3 Å². The predicted octanol–water partition coefficient (Wildman–Crippen LogP) is 2.14. The second-order valence-electron chi connectivity index (χ2n) is 5.28. The molecule has 1 aliphatic rings. The van der Waals surface area contributed by atoms with Crippen LogP contribution in [-0.4, -0.2) is 27.2 Å². The van der Waals surface area contributed by atoms with E-state index in [9.17, 15) is 5.11 Å². The van der Waals surface area contributed by atoms with E-state index in [0.29, 0.717) is 12.5 Å². The summed E-state index contributed by atoms with van der Waals surface area (Å²) in [7, 11) is 0. The molecule has 1 aliphatic carbocycles. The van der Waals surface area contributed by atoms with E-state index in [1.54, 1.807) is 6.20 Å².